The molecule has 0 atom stereocenters. The van der Waals surface area contributed by atoms with Crippen molar-refractivity contribution in [2.75, 3.05) is 0 Å². The van der Waals surface area contributed by atoms with Crippen LogP contribution in [0.25, 0.3) is 11.1 Å². The van der Waals surface area contributed by atoms with E-state index in [1.165, 1.54) is 36.1 Å². The Labute approximate surface area is 233 Å². The summed E-state index contributed by atoms with van der Waals surface area (Å²) in [6.07, 6.45) is 3.62. The van der Waals surface area contributed by atoms with Gasteiger partial charge in [-0.05, 0) is 52.6 Å². The Morgan fingerprint density at radius 2 is 0.784 bits per heavy atom. The van der Waals surface area contributed by atoms with Crippen LogP contribution in [0.2, 0.25) is 45.3 Å². The van der Waals surface area contributed by atoms with Crippen molar-refractivity contribution in [3.63, 3.8) is 0 Å². The monoisotopic (exact) mass is 534 g/mol. The molecule has 37 heavy (non-hydrogen) atoms. The van der Waals surface area contributed by atoms with Crippen molar-refractivity contribution in [3.8, 4) is 11.1 Å². The van der Waals surface area contributed by atoms with Crippen molar-refractivity contribution in [1.29, 1.82) is 0 Å². The lowest BCUT2D eigenvalue weighted by atomic mass is 10.0. The Bertz CT molecular complexity index is 914. The zero-order valence-electron chi connectivity index (χ0n) is 26.5. The molecule has 0 spiro atoms. The SMILES string of the molecule is CC(C)[Si](CCc1ccc2c(c1)Cc1cc(CC[Si](C(C)C)(C(C)C)C(C)C)ccc1-2)(C(C)C)C(C)C. The molecule has 1 aliphatic carbocycles. The minimum Gasteiger partial charge on any atom is -0.0651 e. The Morgan fingerprint density at radius 1 is 0.486 bits per heavy atom. The first-order chi connectivity index (χ1) is 17.3. The molecule has 0 saturated carbocycles. The molecule has 0 aliphatic heterocycles. The van der Waals surface area contributed by atoms with Gasteiger partial charge in [-0.25, -0.2) is 0 Å². The molecule has 1 aliphatic rings. The first-order valence-electron chi connectivity index (χ1n) is 15.5. The first kappa shape index (κ1) is 30.4. The van der Waals surface area contributed by atoms with Gasteiger partial charge in [0.1, 0.15) is 0 Å². The van der Waals surface area contributed by atoms with Gasteiger partial charge in [-0.2, -0.15) is 0 Å². The Balaban J connectivity index is 1.77. The van der Waals surface area contributed by atoms with Gasteiger partial charge in [-0.15, -0.1) is 0 Å². The van der Waals surface area contributed by atoms with Gasteiger partial charge >= 0.3 is 0 Å². The number of hydrogen-bond acceptors (Lipinski definition) is 0. The summed E-state index contributed by atoms with van der Waals surface area (Å²) in [4.78, 5) is 0. The smallest absolute Gasteiger partial charge is 0.0616 e. The van der Waals surface area contributed by atoms with E-state index >= 15 is 0 Å². The van der Waals surface area contributed by atoms with Crippen LogP contribution in [0, 0.1) is 0 Å². The fourth-order valence-corrected chi connectivity index (χ4v) is 22.0. The maximum absolute atomic E-state index is 2.56. The molecule has 0 N–H and O–H groups in total. The zero-order chi connectivity index (χ0) is 27.7. The molecule has 0 saturated heterocycles. The zero-order valence-corrected chi connectivity index (χ0v) is 28.5. The summed E-state index contributed by atoms with van der Waals surface area (Å²) in [7, 11) is -2.71. The van der Waals surface area contributed by atoms with Gasteiger partial charge in [0.2, 0.25) is 0 Å². The highest BCUT2D eigenvalue weighted by molar-refractivity contribution is 6.84. The van der Waals surface area contributed by atoms with Crippen LogP contribution in [-0.4, -0.2) is 16.1 Å². The topological polar surface area (TPSA) is 0 Å². The van der Waals surface area contributed by atoms with Crippen LogP contribution in [0.5, 0.6) is 0 Å². The van der Waals surface area contributed by atoms with Gasteiger partial charge in [-0.1, -0.05) is 165 Å². The van der Waals surface area contributed by atoms with Crippen molar-refractivity contribution < 1.29 is 0 Å². The van der Waals surface area contributed by atoms with Crippen molar-refractivity contribution >= 4 is 16.1 Å². The van der Waals surface area contributed by atoms with Gasteiger partial charge in [0, 0.05) is 0 Å². The third-order valence-corrected chi connectivity index (χ3v) is 26.3. The number of fused-ring (bicyclic) bond motifs is 3. The van der Waals surface area contributed by atoms with Crippen LogP contribution < -0.4 is 0 Å². The molecule has 0 heterocycles. The highest BCUT2D eigenvalue weighted by Crippen LogP contribution is 2.47. The molecule has 0 bridgehead atoms. The molecule has 2 aromatic carbocycles. The first-order valence-corrected chi connectivity index (χ1v) is 20.4. The second-order valence-electron chi connectivity index (χ2n) is 14.3. The highest BCUT2D eigenvalue weighted by atomic mass is 28.3. The number of benzene rings is 2. The molecule has 0 fully saturated rings. The van der Waals surface area contributed by atoms with Crippen LogP contribution in [0.4, 0.5) is 0 Å². The minimum atomic E-state index is -1.35. The molecule has 0 unspecified atom stereocenters. The lowest BCUT2D eigenvalue weighted by Crippen LogP contribution is -2.44. The molecule has 2 aromatic rings. The van der Waals surface area contributed by atoms with Gasteiger partial charge in [0.05, 0.1) is 16.1 Å². The van der Waals surface area contributed by atoms with Crippen LogP contribution in [0.15, 0.2) is 36.4 Å². The van der Waals surface area contributed by atoms with E-state index in [0.29, 0.717) is 0 Å². The van der Waals surface area contributed by atoms with E-state index in [2.05, 4.69) is 119 Å². The van der Waals surface area contributed by atoms with Gasteiger partial charge in [0.15, 0.2) is 0 Å². The molecular formula is C35H58Si2. The molecule has 206 valence electrons. The summed E-state index contributed by atoms with van der Waals surface area (Å²) in [5.74, 6) is 0. The van der Waals surface area contributed by atoms with E-state index in [-0.39, 0.29) is 0 Å². The predicted molar refractivity (Wildman–Crippen MR) is 174 cm³/mol. The maximum atomic E-state index is 2.56. The van der Waals surface area contributed by atoms with E-state index in [9.17, 15) is 0 Å². The van der Waals surface area contributed by atoms with Gasteiger partial charge in [-0.3, -0.25) is 0 Å². The number of aryl methyl sites for hydroxylation is 2. The predicted octanol–water partition coefficient (Wildman–Crippen LogP) is 11.7. The third kappa shape index (κ3) is 5.76. The Hall–Kier alpha value is -1.13. The van der Waals surface area contributed by atoms with Crippen LogP contribution in [0.1, 0.15) is 105 Å². The molecule has 0 aromatic heterocycles. The van der Waals surface area contributed by atoms with Crippen LogP contribution in [-0.2, 0) is 19.3 Å². The average Bonchev–Trinajstić information content (AvgIpc) is 3.15. The normalized spacial score (nSPS) is 14.1. The van der Waals surface area contributed by atoms with E-state index in [0.717, 1.165) is 39.7 Å². The number of rotatable bonds is 12. The average molecular weight is 535 g/mol. The summed E-state index contributed by atoms with van der Waals surface area (Å²) in [6.45, 7) is 30.0. The standard InChI is InChI=1S/C35H58Si2/c1-24(2)36(25(3)4,26(5)6)19-17-30-13-15-34-32(21-30)23-33-22-31(14-16-35(33)34)18-20-37(27(7)8,28(9)10)29(11)12/h13-16,21-22,24-29H,17-20,23H2,1-12H3. The molecule has 2 heteroatoms. The Kier molecular flexibility index (Phi) is 9.82. The number of hydrogen-bond donors (Lipinski definition) is 0. The largest absolute Gasteiger partial charge is 0.0651 e. The lowest BCUT2D eigenvalue weighted by molar-refractivity contribution is 0.788. The summed E-state index contributed by atoms with van der Waals surface area (Å²) >= 11 is 0. The van der Waals surface area contributed by atoms with Crippen molar-refractivity contribution in [3.05, 3.63) is 58.7 Å². The Morgan fingerprint density at radius 3 is 1.05 bits per heavy atom. The highest BCUT2D eigenvalue weighted by Gasteiger charge is 2.42. The molecule has 3 rings (SSSR count). The molecule has 0 amide bonds. The van der Waals surface area contributed by atoms with E-state index in [1.54, 1.807) is 22.3 Å². The lowest BCUT2D eigenvalue weighted by Gasteiger charge is -2.43. The van der Waals surface area contributed by atoms with E-state index in [1.807, 2.05) is 0 Å². The maximum Gasteiger partial charge on any atom is 0.0616 e. The summed E-state index contributed by atoms with van der Waals surface area (Å²) < 4.78 is 0. The third-order valence-electron chi connectivity index (χ3n) is 11.2. The fourth-order valence-electron chi connectivity index (χ4n) is 9.08. The quantitative estimate of drug-likeness (QED) is 0.203. The minimum absolute atomic E-state index is 0.841. The summed E-state index contributed by atoms with van der Waals surface area (Å²) in [5, 5.41) is 0. The second kappa shape index (κ2) is 11.9. The van der Waals surface area contributed by atoms with Crippen LogP contribution in [0.3, 0.4) is 0 Å². The van der Waals surface area contributed by atoms with E-state index in [4.69, 9.17) is 0 Å². The van der Waals surface area contributed by atoms with Crippen molar-refractivity contribution in [1.82, 2.24) is 0 Å². The van der Waals surface area contributed by atoms with Gasteiger partial charge in [0.25, 0.3) is 0 Å². The van der Waals surface area contributed by atoms with Crippen molar-refractivity contribution in [2.24, 2.45) is 0 Å². The second-order valence-corrected chi connectivity index (χ2v) is 26.7. The molecular weight excluding hydrogens is 477 g/mol. The summed E-state index contributed by atoms with van der Waals surface area (Å²) in [5.41, 5.74) is 14.3. The van der Waals surface area contributed by atoms with E-state index < -0.39 is 16.1 Å². The van der Waals surface area contributed by atoms with Crippen molar-refractivity contribution in [2.45, 2.75) is 148 Å². The van der Waals surface area contributed by atoms with Gasteiger partial charge < -0.3 is 0 Å². The molecule has 0 nitrogen and oxygen atoms in total. The fraction of sp³-hybridized carbons (Fsp3) is 0.657. The molecule has 0 radical (unpaired) electrons. The van der Waals surface area contributed by atoms with Crippen LogP contribution >= 0.6 is 0 Å². The summed E-state index contributed by atoms with van der Waals surface area (Å²) in [6, 6.07) is 17.7.